The molecule has 200 valence electrons. The molecule has 1 N–H and O–H groups in total. The van der Waals surface area contributed by atoms with E-state index in [9.17, 15) is 0 Å². The molecule has 2 aromatic heterocycles. The van der Waals surface area contributed by atoms with E-state index in [0.29, 0.717) is 0 Å². The number of nitrogens with one attached hydrogen (secondary N) is 1. The van der Waals surface area contributed by atoms with E-state index in [0.717, 1.165) is 56.5 Å². The van der Waals surface area contributed by atoms with Gasteiger partial charge in [-0.2, -0.15) is 10.2 Å². The van der Waals surface area contributed by atoms with Gasteiger partial charge in [0.1, 0.15) is 5.69 Å². The molecule has 0 aliphatic carbocycles. The zero-order chi connectivity index (χ0) is 27.9. The summed E-state index contributed by atoms with van der Waals surface area (Å²) in [5.74, 6) is 0. The van der Waals surface area contributed by atoms with Crippen molar-refractivity contribution in [3.63, 3.8) is 0 Å². The van der Waals surface area contributed by atoms with Crippen molar-refractivity contribution < 1.29 is 0 Å². The van der Waals surface area contributed by atoms with Gasteiger partial charge in [0.25, 0.3) is 0 Å². The molecule has 5 nitrogen and oxygen atoms in total. The van der Waals surface area contributed by atoms with Crippen LogP contribution in [0.1, 0.15) is 0 Å². The van der Waals surface area contributed by atoms with Crippen molar-refractivity contribution in [2.75, 3.05) is 5.32 Å². The molecule has 1 aliphatic rings. The van der Waals surface area contributed by atoms with Crippen LogP contribution in [0.4, 0.5) is 11.4 Å². The first-order valence-corrected chi connectivity index (χ1v) is 14.7. The Labute approximate surface area is 248 Å². The van der Waals surface area contributed by atoms with Crippen LogP contribution >= 0.6 is 11.8 Å². The van der Waals surface area contributed by atoms with Crippen molar-refractivity contribution in [1.82, 2.24) is 19.6 Å². The van der Waals surface area contributed by atoms with Gasteiger partial charge in [0.05, 0.1) is 34.1 Å². The highest BCUT2D eigenvalue weighted by Gasteiger charge is 2.22. The van der Waals surface area contributed by atoms with Crippen LogP contribution < -0.4 is 5.32 Å². The van der Waals surface area contributed by atoms with Crippen LogP contribution in [-0.2, 0) is 0 Å². The maximum atomic E-state index is 5.18. The summed E-state index contributed by atoms with van der Waals surface area (Å²) in [6.07, 6.45) is 2.11. The third-order valence-corrected chi connectivity index (χ3v) is 8.57. The minimum absolute atomic E-state index is 0.897. The second kappa shape index (κ2) is 10.3. The summed E-state index contributed by atoms with van der Waals surface area (Å²) in [7, 11) is 0. The molecular weight excluding hydrogens is 534 g/mol. The lowest BCUT2D eigenvalue weighted by molar-refractivity contribution is 0.882. The van der Waals surface area contributed by atoms with Crippen LogP contribution in [0.5, 0.6) is 0 Å². The van der Waals surface area contributed by atoms with Gasteiger partial charge in [-0.3, -0.25) is 0 Å². The number of para-hydroxylation sites is 3. The summed E-state index contributed by atoms with van der Waals surface area (Å²) in [4.78, 5) is 2.44. The Morgan fingerprint density at radius 2 is 1.21 bits per heavy atom. The van der Waals surface area contributed by atoms with E-state index in [2.05, 4.69) is 109 Å². The molecule has 0 saturated carbocycles. The van der Waals surface area contributed by atoms with E-state index >= 15 is 0 Å². The normalized spacial score (nSPS) is 11.9. The molecule has 42 heavy (non-hydrogen) atoms. The minimum atomic E-state index is 0.897. The maximum absolute atomic E-state index is 5.18. The molecule has 3 heterocycles. The van der Waals surface area contributed by atoms with E-state index in [4.69, 9.17) is 10.2 Å². The summed E-state index contributed by atoms with van der Waals surface area (Å²) in [5, 5.41) is 13.9. The van der Waals surface area contributed by atoms with Gasteiger partial charge in [-0.05, 0) is 54.6 Å². The summed E-state index contributed by atoms with van der Waals surface area (Å²) in [5.41, 5.74) is 10.1. The first kappa shape index (κ1) is 24.5. The Bertz CT molecular complexity index is 2030. The third-order valence-electron chi connectivity index (χ3n) is 7.42. The summed E-state index contributed by atoms with van der Waals surface area (Å²) >= 11 is 1.79. The van der Waals surface area contributed by atoms with Gasteiger partial charge in [-0.15, -0.1) is 0 Å². The second-order valence-electron chi connectivity index (χ2n) is 10.1. The molecular formula is C36H25N5S. The van der Waals surface area contributed by atoms with Crippen molar-refractivity contribution in [2.45, 2.75) is 9.79 Å². The monoisotopic (exact) mass is 559 g/mol. The largest absolute Gasteiger partial charge is 0.354 e. The summed E-state index contributed by atoms with van der Waals surface area (Å²) in [6, 6.07) is 48.0. The van der Waals surface area contributed by atoms with Gasteiger partial charge >= 0.3 is 0 Å². The summed E-state index contributed by atoms with van der Waals surface area (Å²) < 4.78 is 3.99. The second-order valence-corrected chi connectivity index (χ2v) is 11.2. The van der Waals surface area contributed by atoms with Gasteiger partial charge in [-0.1, -0.05) is 96.7 Å². The zero-order valence-electron chi connectivity index (χ0n) is 22.6. The molecule has 0 fully saturated rings. The predicted octanol–water partition coefficient (Wildman–Crippen LogP) is 9.27. The van der Waals surface area contributed by atoms with Gasteiger partial charge in [0.2, 0.25) is 0 Å². The molecule has 5 aromatic carbocycles. The topological polar surface area (TPSA) is 47.7 Å². The Morgan fingerprint density at radius 3 is 2.00 bits per heavy atom. The van der Waals surface area contributed by atoms with Crippen LogP contribution in [0.15, 0.2) is 156 Å². The van der Waals surface area contributed by atoms with Crippen molar-refractivity contribution in [2.24, 2.45) is 0 Å². The number of fused-ring (bicyclic) bond motifs is 2. The van der Waals surface area contributed by atoms with Gasteiger partial charge < -0.3 is 5.32 Å². The first-order chi connectivity index (χ1) is 20.8. The van der Waals surface area contributed by atoms with E-state index in [1.54, 1.807) is 11.8 Å². The predicted molar refractivity (Wildman–Crippen MR) is 171 cm³/mol. The van der Waals surface area contributed by atoms with E-state index < -0.39 is 0 Å². The molecule has 8 rings (SSSR count). The number of anilines is 2. The highest BCUT2D eigenvalue weighted by Crippen LogP contribution is 2.45. The highest BCUT2D eigenvalue weighted by molar-refractivity contribution is 7.99. The quantitative estimate of drug-likeness (QED) is 0.228. The molecule has 0 radical (unpaired) electrons. The fourth-order valence-corrected chi connectivity index (χ4v) is 6.33. The fraction of sp³-hybridized carbons (Fsp3) is 0. The Balaban J connectivity index is 1.30. The third kappa shape index (κ3) is 4.39. The van der Waals surface area contributed by atoms with Crippen LogP contribution in [0, 0.1) is 0 Å². The van der Waals surface area contributed by atoms with Crippen LogP contribution in [0.2, 0.25) is 0 Å². The van der Waals surface area contributed by atoms with Gasteiger partial charge in [-0.25, -0.2) is 9.36 Å². The Morgan fingerprint density at radius 1 is 0.548 bits per heavy atom. The molecule has 0 atom stereocenters. The Hall–Kier alpha value is -5.33. The first-order valence-electron chi connectivity index (χ1n) is 13.8. The van der Waals surface area contributed by atoms with Crippen LogP contribution in [-0.4, -0.2) is 19.6 Å². The van der Waals surface area contributed by atoms with Crippen molar-refractivity contribution in [1.29, 1.82) is 0 Å². The van der Waals surface area contributed by atoms with Crippen molar-refractivity contribution in [3.8, 4) is 45.1 Å². The lowest BCUT2D eigenvalue weighted by atomic mass is 10.0. The standard InChI is InChI=1S/C36H25N5S/c1-4-12-25(13-5-1)36-29(24-40(39-36)27-14-6-2-7-15-27)33-23-31(38-41(33)28-16-8-3-9-17-28)26-20-21-35-32(22-26)37-30-18-10-11-19-34(30)42-35/h1-24,37H. The molecule has 0 amide bonds. The molecule has 1 aliphatic heterocycles. The minimum Gasteiger partial charge on any atom is -0.354 e. The lowest BCUT2D eigenvalue weighted by Crippen LogP contribution is -2.00. The number of hydrogen-bond donors (Lipinski definition) is 1. The van der Waals surface area contributed by atoms with Crippen molar-refractivity contribution in [3.05, 3.63) is 146 Å². The molecule has 7 aromatic rings. The lowest BCUT2D eigenvalue weighted by Gasteiger charge is -2.21. The van der Waals surface area contributed by atoms with Gasteiger partial charge in [0, 0.05) is 32.7 Å². The maximum Gasteiger partial charge on any atom is 0.102 e. The molecule has 0 bridgehead atoms. The number of rotatable bonds is 5. The number of nitrogens with zero attached hydrogens (tertiary/aromatic N) is 4. The molecule has 0 spiro atoms. The highest BCUT2D eigenvalue weighted by atomic mass is 32.2. The van der Waals surface area contributed by atoms with E-state index in [1.165, 1.54) is 9.79 Å². The SMILES string of the molecule is c1ccc(-c2nn(-c3ccccc3)cc2-c2cc(-c3ccc4c(c3)Nc3ccccc3S4)nn2-c2ccccc2)cc1. The number of aromatic nitrogens is 4. The van der Waals surface area contributed by atoms with E-state index in [1.807, 2.05) is 51.8 Å². The molecule has 0 saturated heterocycles. The van der Waals surface area contributed by atoms with Crippen LogP contribution in [0.3, 0.4) is 0 Å². The van der Waals surface area contributed by atoms with E-state index in [-0.39, 0.29) is 0 Å². The average Bonchev–Trinajstić information content (AvgIpc) is 3.70. The molecule has 0 unspecified atom stereocenters. The fourth-order valence-electron chi connectivity index (χ4n) is 5.36. The Kier molecular flexibility index (Phi) is 5.97. The van der Waals surface area contributed by atoms with Crippen molar-refractivity contribution >= 4 is 23.1 Å². The van der Waals surface area contributed by atoms with Crippen LogP contribution in [0.25, 0.3) is 45.1 Å². The number of benzene rings is 5. The summed E-state index contributed by atoms with van der Waals surface area (Å²) in [6.45, 7) is 0. The zero-order valence-corrected chi connectivity index (χ0v) is 23.4. The smallest absolute Gasteiger partial charge is 0.102 e. The average molecular weight is 560 g/mol. The molecule has 6 heteroatoms. The number of hydrogen-bond acceptors (Lipinski definition) is 4. The van der Waals surface area contributed by atoms with Gasteiger partial charge in [0.15, 0.2) is 0 Å².